The molecule has 130 valence electrons. The van der Waals surface area contributed by atoms with Gasteiger partial charge in [0.15, 0.2) is 0 Å². The molecule has 0 N–H and O–H groups in total. The predicted octanol–water partition coefficient (Wildman–Crippen LogP) is 5.60. The first kappa shape index (κ1) is 17.8. The first-order chi connectivity index (χ1) is 12.3. The lowest BCUT2D eigenvalue weighted by atomic mass is 9.84. The lowest BCUT2D eigenvalue weighted by Crippen LogP contribution is -2.11. The maximum Gasteiger partial charge on any atom is 0.0991 e. The summed E-state index contributed by atoms with van der Waals surface area (Å²) in [6.45, 7) is 10.8. The molecule has 26 heavy (non-hydrogen) atoms. The smallest absolute Gasteiger partial charge is 0.0991 e. The van der Waals surface area contributed by atoms with Gasteiger partial charge >= 0.3 is 0 Å². The van der Waals surface area contributed by atoms with E-state index in [4.69, 9.17) is 15.2 Å². The second-order valence-corrected chi connectivity index (χ2v) is 7.72. The molecule has 3 rings (SSSR count). The molecule has 3 aromatic rings. The van der Waals surface area contributed by atoms with Gasteiger partial charge in [0.1, 0.15) is 0 Å². The molecule has 0 amide bonds. The minimum atomic E-state index is 0.0878. The average molecular weight is 341 g/mol. The van der Waals surface area contributed by atoms with Crippen LogP contribution in [0.5, 0.6) is 0 Å². The number of nitriles is 1. The normalized spacial score (nSPS) is 11.2. The highest BCUT2D eigenvalue weighted by molar-refractivity contribution is 5.67. The summed E-state index contributed by atoms with van der Waals surface area (Å²) in [6.07, 6.45) is 1.81. The molecule has 0 saturated carbocycles. The zero-order valence-corrected chi connectivity index (χ0v) is 16.0. The Balaban J connectivity index is 2.03. The van der Waals surface area contributed by atoms with Gasteiger partial charge in [-0.1, -0.05) is 44.5 Å². The summed E-state index contributed by atoms with van der Waals surface area (Å²) in [5.41, 5.74) is 7.95. The molecule has 0 saturated heterocycles. The van der Waals surface area contributed by atoms with Crippen molar-refractivity contribution < 1.29 is 0 Å². The van der Waals surface area contributed by atoms with E-state index in [1.165, 1.54) is 11.1 Å². The van der Waals surface area contributed by atoms with E-state index in [0.29, 0.717) is 5.56 Å². The average Bonchev–Trinajstić information content (AvgIpc) is 2.60. The number of aromatic nitrogens is 2. The third kappa shape index (κ3) is 3.65. The molecule has 0 aliphatic carbocycles. The van der Waals surface area contributed by atoms with E-state index in [-0.39, 0.29) is 5.41 Å². The van der Waals surface area contributed by atoms with Gasteiger partial charge in [-0.3, -0.25) is 4.98 Å². The standard InChI is InChI=1S/C23H23N3/c1-15-10-19(12-20(11-15)23(3,4)5)22-16(2)26-21(14-25-22)18-8-6-17(13-24)7-9-18/h6-12,14H,1-5H3. The molecule has 0 aliphatic rings. The van der Waals surface area contributed by atoms with E-state index in [1.807, 2.05) is 25.3 Å². The summed E-state index contributed by atoms with van der Waals surface area (Å²) in [5, 5.41) is 8.93. The van der Waals surface area contributed by atoms with Gasteiger partial charge in [0, 0.05) is 11.1 Å². The molecule has 0 unspecified atom stereocenters. The van der Waals surface area contributed by atoms with Crippen LogP contribution < -0.4 is 0 Å². The molecule has 0 atom stereocenters. The van der Waals surface area contributed by atoms with E-state index in [0.717, 1.165) is 28.2 Å². The van der Waals surface area contributed by atoms with E-state index >= 15 is 0 Å². The van der Waals surface area contributed by atoms with E-state index < -0.39 is 0 Å². The van der Waals surface area contributed by atoms with Crippen LogP contribution in [0.25, 0.3) is 22.5 Å². The summed E-state index contributed by atoms with van der Waals surface area (Å²) in [5.74, 6) is 0. The highest BCUT2D eigenvalue weighted by Crippen LogP contribution is 2.30. The Morgan fingerprint density at radius 2 is 1.62 bits per heavy atom. The molecule has 0 radical (unpaired) electrons. The third-order valence-electron chi connectivity index (χ3n) is 4.47. The van der Waals surface area contributed by atoms with Crippen molar-refractivity contribution >= 4 is 0 Å². The first-order valence-corrected chi connectivity index (χ1v) is 8.74. The largest absolute Gasteiger partial charge is 0.252 e. The fourth-order valence-electron chi connectivity index (χ4n) is 2.97. The summed E-state index contributed by atoms with van der Waals surface area (Å²) in [6, 6.07) is 16.2. The highest BCUT2D eigenvalue weighted by Gasteiger charge is 2.16. The Bertz CT molecular complexity index is 987. The maximum atomic E-state index is 8.93. The Kier molecular flexibility index (Phi) is 4.61. The minimum Gasteiger partial charge on any atom is -0.252 e. The molecular formula is C23H23N3. The number of hydrogen-bond acceptors (Lipinski definition) is 3. The van der Waals surface area contributed by atoms with E-state index in [2.05, 4.69) is 52.0 Å². The van der Waals surface area contributed by atoms with Crippen LogP contribution in [0.2, 0.25) is 0 Å². The summed E-state index contributed by atoms with van der Waals surface area (Å²) >= 11 is 0. The van der Waals surface area contributed by atoms with Crippen LogP contribution in [0.3, 0.4) is 0 Å². The summed E-state index contributed by atoms with van der Waals surface area (Å²) in [7, 11) is 0. The Labute approximate surface area is 155 Å². The van der Waals surface area contributed by atoms with Crippen LogP contribution in [0.1, 0.15) is 43.2 Å². The second-order valence-electron chi connectivity index (χ2n) is 7.72. The Hall–Kier alpha value is -2.99. The summed E-state index contributed by atoms with van der Waals surface area (Å²) in [4.78, 5) is 9.46. The third-order valence-corrected chi connectivity index (χ3v) is 4.47. The molecule has 2 aromatic carbocycles. The van der Waals surface area contributed by atoms with Crippen molar-refractivity contribution in [3.05, 3.63) is 71.0 Å². The van der Waals surface area contributed by atoms with Crippen LogP contribution in [-0.2, 0) is 5.41 Å². The molecule has 1 aromatic heterocycles. The van der Waals surface area contributed by atoms with Crippen LogP contribution in [0, 0.1) is 25.2 Å². The molecule has 3 nitrogen and oxygen atoms in total. The van der Waals surface area contributed by atoms with E-state index in [1.54, 1.807) is 12.1 Å². The first-order valence-electron chi connectivity index (χ1n) is 8.74. The summed E-state index contributed by atoms with van der Waals surface area (Å²) < 4.78 is 0. The molecule has 0 spiro atoms. The molecule has 0 aliphatic heterocycles. The van der Waals surface area contributed by atoms with Gasteiger partial charge in [-0.25, -0.2) is 4.98 Å². The molecule has 0 fully saturated rings. The lowest BCUT2D eigenvalue weighted by Gasteiger charge is -2.21. The minimum absolute atomic E-state index is 0.0878. The quantitative estimate of drug-likeness (QED) is 0.610. The van der Waals surface area contributed by atoms with Gasteiger partial charge in [0.25, 0.3) is 0 Å². The molecule has 1 heterocycles. The molecule has 0 bridgehead atoms. The van der Waals surface area contributed by atoms with Crippen LogP contribution >= 0.6 is 0 Å². The zero-order chi connectivity index (χ0) is 18.9. The number of nitrogens with zero attached hydrogens (tertiary/aromatic N) is 3. The van der Waals surface area contributed by atoms with Crippen molar-refractivity contribution in [2.75, 3.05) is 0 Å². The van der Waals surface area contributed by atoms with Crippen molar-refractivity contribution in [1.82, 2.24) is 9.97 Å². The number of aryl methyl sites for hydroxylation is 2. The number of rotatable bonds is 2. The SMILES string of the molecule is Cc1cc(-c2ncc(-c3ccc(C#N)cc3)nc2C)cc(C(C)(C)C)c1. The number of hydrogen-bond donors (Lipinski definition) is 0. The zero-order valence-electron chi connectivity index (χ0n) is 16.0. The van der Waals surface area contributed by atoms with Crippen LogP contribution in [0.15, 0.2) is 48.7 Å². The van der Waals surface area contributed by atoms with Gasteiger partial charge < -0.3 is 0 Å². The van der Waals surface area contributed by atoms with Crippen molar-refractivity contribution in [2.24, 2.45) is 0 Å². The second kappa shape index (κ2) is 6.72. The van der Waals surface area contributed by atoms with Crippen molar-refractivity contribution in [3.8, 4) is 28.6 Å². The lowest BCUT2D eigenvalue weighted by molar-refractivity contribution is 0.590. The predicted molar refractivity (Wildman–Crippen MR) is 106 cm³/mol. The monoisotopic (exact) mass is 341 g/mol. The molecular weight excluding hydrogens is 318 g/mol. The Morgan fingerprint density at radius 1 is 0.923 bits per heavy atom. The van der Waals surface area contributed by atoms with Gasteiger partial charge in [-0.15, -0.1) is 0 Å². The fraction of sp³-hybridized carbons (Fsp3) is 0.261. The number of benzene rings is 2. The van der Waals surface area contributed by atoms with Crippen LogP contribution in [0.4, 0.5) is 0 Å². The topological polar surface area (TPSA) is 49.6 Å². The Morgan fingerprint density at radius 3 is 2.19 bits per heavy atom. The van der Waals surface area contributed by atoms with Gasteiger partial charge in [0.2, 0.25) is 0 Å². The highest BCUT2D eigenvalue weighted by atomic mass is 14.8. The van der Waals surface area contributed by atoms with Crippen molar-refractivity contribution in [1.29, 1.82) is 5.26 Å². The fourth-order valence-corrected chi connectivity index (χ4v) is 2.97. The van der Waals surface area contributed by atoms with Crippen LogP contribution in [-0.4, -0.2) is 9.97 Å². The van der Waals surface area contributed by atoms with Crippen molar-refractivity contribution in [3.63, 3.8) is 0 Å². The maximum absolute atomic E-state index is 8.93. The van der Waals surface area contributed by atoms with Crippen molar-refractivity contribution in [2.45, 2.75) is 40.0 Å². The van der Waals surface area contributed by atoms with Gasteiger partial charge in [-0.2, -0.15) is 5.26 Å². The van der Waals surface area contributed by atoms with Gasteiger partial charge in [0.05, 0.1) is 34.9 Å². The van der Waals surface area contributed by atoms with Gasteiger partial charge in [-0.05, 0) is 49.1 Å². The molecule has 3 heteroatoms. The van der Waals surface area contributed by atoms with E-state index in [9.17, 15) is 0 Å².